The van der Waals surface area contributed by atoms with E-state index in [2.05, 4.69) is 0 Å². The largest absolute Gasteiger partial charge is 0.416 e. The highest BCUT2D eigenvalue weighted by Gasteiger charge is 2.31. The molecule has 130 valence electrons. The Hall–Kier alpha value is -2.03. The summed E-state index contributed by atoms with van der Waals surface area (Å²) < 4.78 is 74.3. The van der Waals surface area contributed by atoms with Crippen molar-refractivity contribution in [2.24, 2.45) is 0 Å². The zero-order valence-electron chi connectivity index (χ0n) is 12.2. The van der Waals surface area contributed by atoms with Gasteiger partial charge in [-0.2, -0.15) is 26.3 Å². The second-order valence-corrected chi connectivity index (χ2v) is 6.23. The monoisotopic (exact) mass is 367 g/mol. The number of aryl methyl sites for hydroxylation is 1. The van der Waals surface area contributed by atoms with Crippen LogP contribution in [0.25, 0.3) is 11.1 Å². The van der Waals surface area contributed by atoms with E-state index in [-0.39, 0.29) is 4.88 Å². The molecule has 0 spiro atoms. The molecule has 2 rings (SSSR count). The van der Waals surface area contributed by atoms with E-state index in [1.165, 1.54) is 12.1 Å². The molecule has 0 radical (unpaired) electrons. The number of halogens is 6. The number of rotatable bonds is 3. The van der Waals surface area contributed by atoms with E-state index in [4.69, 9.17) is 0 Å². The molecule has 9 heteroatoms. The van der Waals surface area contributed by atoms with Gasteiger partial charge in [-0.05, 0) is 30.7 Å². The zero-order valence-corrected chi connectivity index (χ0v) is 13.0. The third-order valence-corrected chi connectivity index (χ3v) is 4.08. The average molecular weight is 367 g/mol. The molecule has 0 aliphatic carbocycles. The lowest BCUT2D eigenvalue weighted by molar-refractivity contribution is -0.137. The Morgan fingerprint density at radius 2 is 1.67 bits per heavy atom. The number of carbonyl (C=O) groups excluding carboxylic acids is 1. The smallest absolute Gasteiger partial charge is 0.342 e. The highest BCUT2D eigenvalue weighted by atomic mass is 32.1. The van der Waals surface area contributed by atoms with Crippen molar-refractivity contribution >= 4 is 17.2 Å². The van der Waals surface area contributed by atoms with Crippen molar-refractivity contribution in [2.45, 2.75) is 19.3 Å². The Morgan fingerprint density at radius 1 is 1.08 bits per heavy atom. The van der Waals surface area contributed by atoms with Crippen molar-refractivity contribution in [1.82, 2.24) is 5.32 Å². The standard InChI is InChI=1S/C15H11F6NOS/c1-8-6-11(9-2-4-10(5-3-9)15(19,20)21)12(24-8)13(23)22-7-14(16,17)18/h2-6H,7H2,1H3,(H,22,23). The number of nitrogens with one attached hydrogen (secondary N) is 1. The van der Waals surface area contributed by atoms with Crippen LogP contribution < -0.4 is 5.32 Å². The highest BCUT2D eigenvalue weighted by molar-refractivity contribution is 7.14. The van der Waals surface area contributed by atoms with Crippen molar-refractivity contribution < 1.29 is 31.1 Å². The summed E-state index contributed by atoms with van der Waals surface area (Å²) >= 11 is 0.976. The van der Waals surface area contributed by atoms with Gasteiger partial charge in [-0.25, -0.2) is 0 Å². The normalized spacial score (nSPS) is 12.3. The molecule has 0 bridgehead atoms. The van der Waals surface area contributed by atoms with E-state index in [0.29, 0.717) is 16.0 Å². The third-order valence-electron chi connectivity index (χ3n) is 3.03. The number of thiophene rings is 1. The molecule has 0 aliphatic heterocycles. The molecule has 1 amide bonds. The van der Waals surface area contributed by atoms with Crippen LogP contribution in [0.4, 0.5) is 26.3 Å². The molecule has 24 heavy (non-hydrogen) atoms. The number of hydrogen-bond donors (Lipinski definition) is 1. The summed E-state index contributed by atoms with van der Waals surface area (Å²) in [6, 6.07) is 5.64. The quantitative estimate of drug-likeness (QED) is 0.757. The van der Waals surface area contributed by atoms with Crippen LogP contribution in [-0.2, 0) is 6.18 Å². The Morgan fingerprint density at radius 3 is 2.17 bits per heavy atom. The second kappa shape index (κ2) is 6.46. The van der Waals surface area contributed by atoms with Crippen LogP contribution in [0.1, 0.15) is 20.1 Å². The van der Waals surface area contributed by atoms with Gasteiger partial charge in [0.15, 0.2) is 0 Å². The summed E-state index contributed by atoms with van der Waals surface area (Å²) in [6.07, 6.45) is -9.04. The molecule has 1 aromatic heterocycles. The third kappa shape index (κ3) is 4.50. The Kier molecular flexibility index (Phi) is 4.93. The molecule has 1 aromatic carbocycles. The number of alkyl halides is 6. The van der Waals surface area contributed by atoms with Crippen molar-refractivity contribution in [3.8, 4) is 11.1 Å². The summed E-state index contributed by atoms with van der Waals surface area (Å²) in [5.41, 5.74) is -0.225. The van der Waals surface area contributed by atoms with Crippen LogP contribution in [0.15, 0.2) is 30.3 Å². The van der Waals surface area contributed by atoms with Crippen molar-refractivity contribution in [3.05, 3.63) is 45.6 Å². The molecular weight excluding hydrogens is 356 g/mol. The van der Waals surface area contributed by atoms with Crippen LogP contribution in [0, 0.1) is 6.92 Å². The first kappa shape index (κ1) is 18.3. The minimum Gasteiger partial charge on any atom is -0.342 e. The lowest BCUT2D eigenvalue weighted by Crippen LogP contribution is -2.33. The van der Waals surface area contributed by atoms with Gasteiger partial charge in [0.05, 0.1) is 10.4 Å². The van der Waals surface area contributed by atoms with Crippen LogP contribution in [-0.4, -0.2) is 18.6 Å². The molecule has 0 atom stereocenters. The van der Waals surface area contributed by atoms with Gasteiger partial charge in [0.2, 0.25) is 0 Å². The van der Waals surface area contributed by atoms with Crippen molar-refractivity contribution in [3.63, 3.8) is 0 Å². The van der Waals surface area contributed by atoms with Gasteiger partial charge in [-0.3, -0.25) is 4.79 Å². The molecule has 0 saturated carbocycles. The molecule has 0 saturated heterocycles. The molecule has 2 nitrogen and oxygen atoms in total. The summed E-state index contributed by atoms with van der Waals surface area (Å²) in [5, 5.41) is 1.76. The van der Waals surface area contributed by atoms with Gasteiger partial charge in [-0.1, -0.05) is 12.1 Å². The number of benzene rings is 1. The SMILES string of the molecule is Cc1cc(-c2ccc(C(F)(F)F)cc2)c(C(=O)NCC(F)(F)F)s1. The first-order valence-corrected chi connectivity index (χ1v) is 7.42. The van der Waals surface area contributed by atoms with Gasteiger partial charge >= 0.3 is 12.4 Å². The van der Waals surface area contributed by atoms with Gasteiger partial charge in [0, 0.05) is 10.4 Å². The van der Waals surface area contributed by atoms with E-state index in [9.17, 15) is 31.1 Å². The van der Waals surface area contributed by atoms with Crippen LogP contribution in [0.5, 0.6) is 0 Å². The summed E-state index contributed by atoms with van der Waals surface area (Å²) in [5.74, 6) is -0.916. The van der Waals surface area contributed by atoms with E-state index < -0.39 is 30.4 Å². The van der Waals surface area contributed by atoms with Crippen LogP contribution >= 0.6 is 11.3 Å². The number of amides is 1. The molecule has 0 fully saturated rings. The first-order chi connectivity index (χ1) is 11.0. The molecule has 1 N–H and O–H groups in total. The van der Waals surface area contributed by atoms with Crippen molar-refractivity contribution in [1.29, 1.82) is 0 Å². The lowest BCUT2D eigenvalue weighted by Gasteiger charge is -2.10. The predicted octanol–water partition coefficient (Wildman–Crippen LogP) is 5.03. The minimum atomic E-state index is -4.55. The van der Waals surface area contributed by atoms with Gasteiger partial charge in [0.25, 0.3) is 5.91 Å². The van der Waals surface area contributed by atoms with E-state index >= 15 is 0 Å². The summed E-state index contributed by atoms with van der Waals surface area (Å²) in [4.78, 5) is 12.6. The summed E-state index contributed by atoms with van der Waals surface area (Å²) in [6.45, 7) is 0.175. The maximum absolute atomic E-state index is 12.6. The first-order valence-electron chi connectivity index (χ1n) is 6.60. The molecule has 1 heterocycles. The van der Waals surface area contributed by atoms with Gasteiger partial charge < -0.3 is 5.32 Å². The number of hydrogen-bond acceptors (Lipinski definition) is 2. The topological polar surface area (TPSA) is 29.1 Å². The predicted molar refractivity (Wildman–Crippen MR) is 77.9 cm³/mol. The average Bonchev–Trinajstić information content (AvgIpc) is 2.85. The zero-order chi connectivity index (χ0) is 18.1. The minimum absolute atomic E-state index is 0.0245. The van der Waals surface area contributed by atoms with E-state index in [1.54, 1.807) is 18.3 Å². The van der Waals surface area contributed by atoms with E-state index in [1.807, 2.05) is 0 Å². The van der Waals surface area contributed by atoms with Crippen LogP contribution in [0.3, 0.4) is 0 Å². The fourth-order valence-electron chi connectivity index (χ4n) is 2.00. The highest BCUT2D eigenvalue weighted by Crippen LogP contribution is 2.34. The van der Waals surface area contributed by atoms with E-state index in [0.717, 1.165) is 23.5 Å². The molecule has 2 aromatic rings. The van der Waals surface area contributed by atoms with Gasteiger partial charge in [-0.15, -0.1) is 11.3 Å². The fourth-order valence-corrected chi connectivity index (χ4v) is 2.95. The van der Waals surface area contributed by atoms with Crippen molar-refractivity contribution in [2.75, 3.05) is 6.54 Å². The Balaban J connectivity index is 2.30. The Labute approximate surface area is 137 Å². The maximum atomic E-state index is 12.6. The van der Waals surface area contributed by atoms with Crippen LogP contribution in [0.2, 0.25) is 0 Å². The molecule has 0 unspecified atom stereocenters. The molecule has 0 aliphatic rings. The maximum Gasteiger partial charge on any atom is 0.416 e. The fraction of sp³-hybridized carbons (Fsp3) is 0.267. The summed E-state index contributed by atoms with van der Waals surface area (Å²) in [7, 11) is 0. The van der Waals surface area contributed by atoms with Gasteiger partial charge in [0.1, 0.15) is 6.54 Å². The molecular formula is C15H11F6NOS. The second-order valence-electron chi connectivity index (χ2n) is 4.97. The number of carbonyl (C=O) groups is 1. The Bertz CT molecular complexity index is 730. The lowest BCUT2D eigenvalue weighted by atomic mass is 10.0.